The van der Waals surface area contributed by atoms with Gasteiger partial charge in [0.25, 0.3) is 0 Å². The van der Waals surface area contributed by atoms with Crippen LogP contribution in [0.25, 0.3) is 0 Å². The Hall–Kier alpha value is -1.10. The molecule has 0 bridgehead atoms. The predicted molar refractivity (Wildman–Crippen MR) is 51.1 cm³/mol. The smallest absolute Gasteiger partial charge is 0.0960 e. The Morgan fingerprint density at radius 2 is 2.07 bits per heavy atom. The van der Waals surface area contributed by atoms with Crippen molar-refractivity contribution < 1.29 is 9.84 Å². The summed E-state index contributed by atoms with van der Waals surface area (Å²) < 4.78 is 5.31. The number of nitriles is 2. The minimum Gasteiger partial charge on any atom is -0.394 e. The molecule has 0 saturated carbocycles. The first-order valence-electron chi connectivity index (χ1n) is 4.75. The Labute approximate surface area is 84.7 Å². The van der Waals surface area contributed by atoms with Gasteiger partial charge in [0, 0.05) is 13.0 Å². The number of nitrogens with zero attached hydrogens (tertiary/aromatic N) is 2. The molecular weight excluding hydrogens is 180 g/mol. The van der Waals surface area contributed by atoms with Gasteiger partial charge in [0.15, 0.2) is 0 Å². The van der Waals surface area contributed by atoms with Crippen LogP contribution >= 0.6 is 0 Å². The third-order valence-electron chi connectivity index (χ3n) is 1.96. The Morgan fingerprint density at radius 1 is 1.36 bits per heavy atom. The molecule has 0 saturated heterocycles. The molecule has 0 amide bonds. The van der Waals surface area contributed by atoms with Gasteiger partial charge in [-0.1, -0.05) is 0 Å². The van der Waals surface area contributed by atoms with E-state index < -0.39 is 6.10 Å². The molecule has 0 aliphatic rings. The van der Waals surface area contributed by atoms with Gasteiger partial charge in [0.2, 0.25) is 0 Å². The number of ether oxygens (including phenoxy) is 1. The van der Waals surface area contributed by atoms with Gasteiger partial charge in [-0.3, -0.25) is 0 Å². The van der Waals surface area contributed by atoms with Gasteiger partial charge in [0.05, 0.1) is 30.8 Å². The van der Waals surface area contributed by atoms with E-state index in [2.05, 4.69) is 0 Å². The maximum atomic E-state index is 8.90. The molecule has 0 aromatic carbocycles. The highest BCUT2D eigenvalue weighted by atomic mass is 16.5. The van der Waals surface area contributed by atoms with E-state index in [9.17, 15) is 0 Å². The van der Waals surface area contributed by atoms with Crippen molar-refractivity contribution in [1.82, 2.24) is 0 Å². The summed E-state index contributed by atoms with van der Waals surface area (Å²) in [5.41, 5.74) is 0. The monoisotopic (exact) mass is 196 g/mol. The van der Waals surface area contributed by atoms with Crippen molar-refractivity contribution in [3.05, 3.63) is 0 Å². The van der Waals surface area contributed by atoms with Crippen molar-refractivity contribution in [2.24, 2.45) is 5.92 Å². The first-order valence-corrected chi connectivity index (χ1v) is 4.75. The summed E-state index contributed by atoms with van der Waals surface area (Å²) in [5, 5.41) is 25.8. The molecule has 0 rings (SSSR count). The lowest BCUT2D eigenvalue weighted by molar-refractivity contribution is -0.00727. The number of hydrogen-bond donors (Lipinski definition) is 1. The van der Waals surface area contributed by atoms with E-state index in [1.165, 1.54) is 0 Å². The van der Waals surface area contributed by atoms with Gasteiger partial charge in [-0.2, -0.15) is 10.5 Å². The molecule has 0 spiro atoms. The largest absolute Gasteiger partial charge is 0.394 e. The van der Waals surface area contributed by atoms with Crippen molar-refractivity contribution in [3.8, 4) is 12.1 Å². The van der Waals surface area contributed by atoms with Crippen LogP contribution in [0.1, 0.15) is 26.2 Å². The summed E-state index contributed by atoms with van der Waals surface area (Å²) in [7, 11) is 0. The fourth-order valence-corrected chi connectivity index (χ4v) is 0.979. The van der Waals surface area contributed by atoms with Crippen LogP contribution < -0.4 is 0 Å². The Morgan fingerprint density at radius 3 is 2.57 bits per heavy atom. The lowest BCUT2D eigenvalue weighted by atomic mass is 10.1. The standard InChI is InChI=1S/C10H16N2O2/c1-9(7-12)10(8-13)14-6-4-2-3-5-11/h9-10,13H,2-4,6,8H2,1H3. The normalized spacial score (nSPS) is 14.0. The fourth-order valence-electron chi connectivity index (χ4n) is 0.979. The predicted octanol–water partition coefficient (Wildman–Crippen LogP) is 1.22. The zero-order chi connectivity index (χ0) is 10.8. The molecule has 0 fully saturated rings. The molecule has 0 aromatic rings. The van der Waals surface area contributed by atoms with Crippen molar-refractivity contribution >= 4 is 0 Å². The molecule has 78 valence electrons. The summed E-state index contributed by atoms with van der Waals surface area (Å²) in [6, 6.07) is 4.08. The lowest BCUT2D eigenvalue weighted by Gasteiger charge is -2.16. The highest BCUT2D eigenvalue weighted by Gasteiger charge is 2.15. The fraction of sp³-hybridized carbons (Fsp3) is 0.800. The molecular formula is C10H16N2O2. The Bertz CT molecular complexity index is 217. The molecule has 2 atom stereocenters. The maximum absolute atomic E-state index is 8.90. The molecule has 0 radical (unpaired) electrons. The van der Waals surface area contributed by atoms with E-state index in [-0.39, 0.29) is 12.5 Å². The van der Waals surface area contributed by atoms with Gasteiger partial charge in [-0.15, -0.1) is 0 Å². The number of aliphatic hydroxyl groups is 1. The molecule has 0 heterocycles. The molecule has 14 heavy (non-hydrogen) atoms. The van der Waals surface area contributed by atoms with Crippen LogP contribution in [-0.2, 0) is 4.74 Å². The van der Waals surface area contributed by atoms with Gasteiger partial charge >= 0.3 is 0 Å². The number of unbranched alkanes of at least 4 members (excludes halogenated alkanes) is 2. The Balaban J connectivity index is 3.55. The maximum Gasteiger partial charge on any atom is 0.0960 e. The summed E-state index contributed by atoms with van der Waals surface area (Å²) in [6.07, 6.45) is 1.72. The summed E-state index contributed by atoms with van der Waals surface area (Å²) in [5.74, 6) is -0.295. The van der Waals surface area contributed by atoms with E-state index in [4.69, 9.17) is 20.4 Å². The second-order valence-electron chi connectivity index (χ2n) is 3.12. The van der Waals surface area contributed by atoms with Gasteiger partial charge in [-0.05, 0) is 19.8 Å². The number of hydrogen-bond acceptors (Lipinski definition) is 4. The molecule has 0 aliphatic carbocycles. The minimum absolute atomic E-state index is 0.132. The Kier molecular flexibility index (Phi) is 7.83. The first-order chi connectivity index (χ1) is 6.76. The van der Waals surface area contributed by atoms with Crippen molar-refractivity contribution in [1.29, 1.82) is 10.5 Å². The molecule has 1 N–H and O–H groups in total. The first kappa shape index (κ1) is 12.9. The summed E-state index contributed by atoms with van der Waals surface area (Å²) >= 11 is 0. The molecule has 0 aliphatic heterocycles. The SMILES string of the molecule is CC(C#N)C(CO)OCCCCC#N. The minimum atomic E-state index is -0.401. The van der Waals surface area contributed by atoms with E-state index in [1.807, 2.05) is 12.1 Å². The van der Waals surface area contributed by atoms with E-state index in [0.717, 1.165) is 12.8 Å². The zero-order valence-corrected chi connectivity index (χ0v) is 8.44. The van der Waals surface area contributed by atoms with Crippen LogP contribution in [-0.4, -0.2) is 24.4 Å². The van der Waals surface area contributed by atoms with E-state index in [1.54, 1.807) is 6.92 Å². The van der Waals surface area contributed by atoms with Gasteiger partial charge < -0.3 is 9.84 Å². The second-order valence-corrected chi connectivity index (χ2v) is 3.12. The van der Waals surface area contributed by atoms with E-state index in [0.29, 0.717) is 13.0 Å². The van der Waals surface area contributed by atoms with Crippen LogP contribution in [0.2, 0.25) is 0 Å². The highest BCUT2D eigenvalue weighted by Crippen LogP contribution is 2.07. The molecule has 0 aromatic heterocycles. The lowest BCUT2D eigenvalue weighted by Crippen LogP contribution is -2.25. The third-order valence-corrected chi connectivity index (χ3v) is 1.96. The number of rotatable bonds is 7. The van der Waals surface area contributed by atoms with Crippen molar-refractivity contribution in [2.45, 2.75) is 32.3 Å². The van der Waals surface area contributed by atoms with Crippen LogP contribution in [0.3, 0.4) is 0 Å². The quantitative estimate of drug-likeness (QED) is 0.621. The topological polar surface area (TPSA) is 77.0 Å². The molecule has 4 heteroatoms. The second kappa shape index (κ2) is 8.50. The van der Waals surface area contributed by atoms with Crippen LogP contribution in [0, 0.1) is 28.6 Å². The summed E-state index contributed by atoms with van der Waals surface area (Å²) in [6.45, 7) is 2.09. The third kappa shape index (κ3) is 5.53. The van der Waals surface area contributed by atoms with Crippen molar-refractivity contribution in [2.75, 3.05) is 13.2 Å². The van der Waals surface area contributed by atoms with Gasteiger partial charge in [-0.25, -0.2) is 0 Å². The summed E-state index contributed by atoms with van der Waals surface area (Å²) in [4.78, 5) is 0. The van der Waals surface area contributed by atoms with Crippen molar-refractivity contribution in [3.63, 3.8) is 0 Å². The average molecular weight is 196 g/mol. The van der Waals surface area contributed by atoms with Crippen LogP contribution in [0.5, 0.6) is 0 Å². The van der Waals surface area contributed by atoms with Gasteiger partial charge in [0.1, 0.15) is 0 Å². The number of aliphatic hydroxyl groups excluding tert-OH is 1. The van der Waals surface area contributed by atoms with E-state index >= 15 is 0 Å². The molecule has 4 nitrogen and oxygen atoms in total. The van der Waals surface area contributed by atoms with Crippen LogP contribution in [0.4, 0.5) is 0 Å². The zero-order valence-electron chi connectivity index (χ0n) is 8.44. The average Bonchev–Trinajstić information content (AvgIpc) is 2.22. The molecule has 2 unspecified atom stereocenters. The highest BCUT2D eigenvalue weighted by molar-refractivity contribution is 4.85. The van der Waals surface area contributed by atoms with Crippen LogP contribution in [0.15, 0.2) is 0 Å².